The molecule has 0 bridgehead atoms. The molecular weight excluding hydrogens is 124 g/mol. The molecule has 1 heterocycles. The molecular formula is C5H9ClN2. The summed E-state index contributed by atoms with van der Waals surface area (Å²) in [5.41, 5.74) is -0.0417. The van der Waals surface area contributed by atoms with E-state index in [2.05, 4.69) is 17.2 Å². The van der Waals surface area contributed by atoms with E-state index in [4.69, 9.17) is 11.6 Å². The molecule has 0 aliphatic carbocycles. The molecule has 1 aliphatic heterocycles. The Balaban J connectivity index is 2.38. The molecule has 0 saturated heterocycles. The van der Waals surface area contributed by atoms with Crippen molar-refractivity contribution in [1.29, 1.82) is 0 Å². The van der Waals surface area contributed by atoms with Gasteiger partial charge in [-0.05, 0) is 6.42 Å². The van der Waals surface area contributed by atoms with Gasteiger partial charge in [0.15, 0.2) is 0 Å². The van der Waals surface area contributed by atoms with E-state index in [-0.39, 0.29) is 5.50 Å². The Kier molecular flexibility index (Phi) is 1.73. The van der Waals surface area contributed by atoms with Gasteiger partial charge < -0.3 is 5.32 Å². The lowest BCUT2D eigenvalue weighted by atomic mass is 10.2. The van der Waals surface area contributed by atoms with Crippen molar-refractivity contribution >= 4 is 17.9 Å². The summed E-state index contributed by atoms with van der Waals surface area (Å²) in [4.78, 5) is 3.92. The molecule has 0 saturated carbocycles. The minimum absolute atomic E-state index is 0.0417. The topological polar surface area (TPSA) is 24.4 Å². The number of alkyl halides is 1. The molecule has 3 heteroatoms. The third kappa shape index (κ3) is 0.944. The fraction of sp³-hybridized carbons (Fsp3) is 0.800. The molecule has 0 aromatic carbocycles. The zero-order valence-electron chi connectivity index (χ0n) is 4.76. The van der Waals surface area contributed by atoms with Crippen molar-refractivity contribution in [3.63, 3.8) is 0 Å². The quantitative estimate of drug-likeness (QED) is 0.417. The Hall–Kier alpha value is -0.240. The van der Waals surface area contributed by atoms with Crippen LogP contribution in [0, 0.1) is 0 Å². The van der Waals surface area contributed by atoms with Crippen LogP contribution in [0.4, 0.5) is 0 Å². The van der Waals surface area contributed by atoms with Crippen LogP contribution in [-0.2, 0) is 0 Å². The van der Waals surface area contributed by atoms with Crippen LogP contribution in [0.2, 0.25) is 0 Å². The molecule has 0 spiro atoms. The van der Waals surface area contributed by atoms with Crippen LogP contribution in [0.3, 0.4) is 0 Å². The van der Waals surface area contributed by atoms with E-state index >= 15 is 0 Å². The maximum atomic E-state index is 5.72. The summed E-state index contributed by atoms with van der Waals surface area (Å²) < 4.78 is 0. The monoisotopic (exact) mass is 132 g/mol. The Morgan fingerprint density at radius 3 is 2.88 bits per heavy atom. The van der Waals surface area contributed by atoms with Crippen LogP contribution in [0.1, 0.15) is 13.3 Å². The van der Waals surface area contributed by atoms with Crippen LogP contribution in [0.25, 0.3) is 0 Å². The predicted molar refractivity (Wildman–Crippen MR) is 35.3 cm³/mol. The van der Waals surface area contributed by atoms with E-state index < -0.39 is 0 Å². The minimum atomic E-state index is -0.0417. The Bertz CT molecular complexity index is 103. The van der Waals surface area contributed by atoms with Gasteiger partial charge in [0.25, 0.3) is 0 Å². The largest absolute Gasteiger partial charge is 0.370 e. The van der Waals surface area contributed by atoms with Crippen molar-refractivity contribution in [3.05, 3.63) is 0 Å². The second-order valence-corrected chi connectivity index (χ2v) is 2.28. The van der Waals surface area contributed by atoms with E-state index in [1.165, 1.54) is 0 Å². The highest BCUT2D eigenvalue weighted by Gasteiger charge is 2.17. The SMILES string of the molecule is CCC1NC=NC1Cl. The lowest BCUT2D eigenvalue weighted by molar-refractivity contribution is 0.606. The molecule has 0 amide bonds. The van der Waals surface area contributed by atoms with Gasteiger partial charge in [-0.3, -0.25) is 4.99 Å². The Morgan fingerprint density at radius 1 is 1.88 bits per heavy atom. The van der Waals surface area contributed by atoms with Gasteiger partial charge >= 0.3 is 0 Å². The van der Waals surface area contributed by atoms with Crippen LogP contribution in [0.15, 0.2) is 4.99 Å². The predicted octanol–water partition coefficient (Wildman–Crippen LogP) is 0.961. The van der Waals surface area contributed by atoms with Crippen LogP contribution in [0.5, 0.6) is 0 Å². The van der Waals surface area contributed by atoms with Crippen molar-refractivity contribution < 1.29 is 0 Å². The first-order valence-electron chi connectivity index (χ1n) is 2.76. The highest BCUT2D eigenvalue weighted by Crippen LogP contribution is 2.10. The van der Waals surface area contributed by atoms with Gasteiger partial charge in [0.05, 0.1) is 12.4 Å². The van der Waals surface area contributed by atoms with Crippen LogP contribution in [-0.4, -0.2) is 17.9 Å². The number of hydrogen-bond acceptors (Lipinski definition) is 2. The van der Waals surface area contributed by atoms with Gasteiger partial charge in [0, 0.05) is 0 Å². The first kappa shape index (κ1) is 5.89. The number of rotatable bonds is 1. The molecule has 1 N–H and O–H groups in total. The molecule has 0 aromatic heterocycles. The minimum Gasteiger partial charge on any atom is -0.370 e. The third-order valence-corrected chi connectivity index (χ3v) is 1.69. The maximum Gasteiger partial charge on any atom is 0.145 e. The van der Waals surface area contributed by atoms with Gasteiger partial charge in [-0.1, -0.05) is 18.5 Å². The second kappa shape index (κ2) is 2.35. The first-order chi connectivity index (χ1) is 3.84. The third-order valence-electron chi connectivity index (χ3n) is 1.28. The number of halogens is 1. The average Bonchev–Trinajstić information content (AvgIpc) is 2.14. The van der Waals surface area contributed by atoms with Crippen molar-refractivity contribution in [2.24, 2.45) is 4.99 Å². The molecule has 1 rings (SSSR count). The summed E-state index contributed by atoms with van der Waals surface area (Å²) >= 11 is 5.72. The van der Waals surface area contributed by atoms with Crippen molar-refractivity contribution in [3.8, 4) is 0 Å². The molecule has 0 aromatic rings. The molecule has 0 radical (unpaired) electrons. The zero-order valence-corrected chi connectivity index (χ0v) is 5.52. The highest BCUT2D eigenvalue weighted by atomic mass is 35.5. The molecule has 0 fully saturated rings. The fourth-order valence-corrected chi connectivity index (χ4v) is 1.01. The van der Waals surface area contributed by atoms with Crippen molar-refractivity contribution in [2.75, 3.05) is 0 Å². The van der Waals surface area contributed by atoms with E-state index in [0.29, 0.717) is 6.04 Å². The summed E-state index contributed by atoms with van der Waals surface area (Å²) in [5.74, 6) is 0. The number of aliphatic imine (C=N–C) groups is 1. The fourth-order valence-electron chi connectivity index (χ4n) is 0.706. The molecule has 2 nitrogen and oxygen atoms in total. The Morgan fingerprint density at radius 2 is 2.62 bits per heavy atom. The summed E-state index contributed by atoms with van der Waals surface area (Å²) in [6, 6.07) is 0.358. The number of nitrogens with zero attached hydrogens (tertiary/aromatic N) is 1. The van der Waals surface area contributed by atoms with Crippen LogP contribution < -0.4 is 5.32 Å². The van der Waals surface area contributed by atoms with E-state index in [9.17, 15) is 0 Å². The maximum absolute atomic E-state index is 5.72. The molecule has 2 atom stereocenters. The summed E-state index contributed by atoms with van der Waals surface area (Å²) in [7, 11) is 0. The lowest BCUT2D eigenvalue weighted by Crippen LogP contribution is -2.27. The van der Waals surface area contributed by atoms with Gasteiger partial charge in [0.2, 0.25) is 0 Å². The van der Waals surface area contributed by atoms with Gasteiger partial charge in [0.1, 0.15) is 5.50 Å². The average molecular weight is 133 g/mol. The summed E-state index contributed by atoms with van der Waals surface area (Å²) in [5, 5.41) is 3.03. The van der Waals surface area contributed by atoms with E-state index in [1.807, 2.05) is 0 Å². The highest BCUT2D eigenvalue weighted by molar-refractivity contribution is 6.21. The van der Waals surface area contributed by atoms with Gasteiger partial charge in [-0.25, -0.2) is 0 Å². The molecule has 8 heavy (non-hydrogen) atoms. The van der Waals surface area contributed by atoms with Gasteiger partial charge in [-0.2, -0.15) is 0 Å². The molecule has 1 aliphatic rings. The number of nitrogens with one attached hydrogen (secondary N) is 1. The standard InChI is InChI=1S/C5H9ClN2/c1-2-4-5(6)8-3-7-4/h3-5H,2H2,1H3,(H,7,8). The van der Waals surface area contributed by atoms with E-state index in [1.54, 1.807) is 6.34 Å². The Labute approximate surface area is 53.9 Å². The van der Waals surface area contributed by atoms with Crippen molar-refractivity contribution in [2.45, 2.75) is 24.9 Å². The molecule has 2 unspecified atom stereocenters. The van der Waals surface area contributed by atoms with E-state index in [0.717, 1.165) is 6.42 Å². The van der Waals surface area contributed by atoms with Crippen LogP contribution >= 0.6 is 11.6 Å². The lowest BCUT2D eigenvalue weighted by Gasteiger charge is -2.08. The summed E-state index contributed by atoms with van der Waals surface area (Å²) in [6.07, 6.45) is 2.71. The normalized spacial score (nSPS) is 35.2. The molecule has 46 valence electrons. The second-order valence-electron chi connectivity index (χ2n) is 1.83. The smallest absolute Gasteiger partial charge is 0.145 e. The first-order valence-corrected chi connectivity index (χ1v) is 3.20. The summed E-state index contributed by atoms with van der Waals surface area (Å²) in [6.45, 7) is 2.09. The van der Waals surface area contributed by atoms with Gasteiger partial charge in [-0.15, -0.1) is 0 Å². The van der Waals surface area contributed by atoms with Crippen molar-refractivity contribution in [1.82, 2.24) is 5.32 Å². The zero-order chi connectivity index (χ0) is 5.98. The number of hydrogen-bond donors (Lipinski definition) is 1.